The van der Waals surface area contributed by atoms with Gasteiger partial charge in [-0.1, -0.05) is 17.3 Å². The van der Waals surface area contributed by atoms with Gasteiger partial charge in [0.1, 0.15) is 12.0 Å². The van der Waals surface area contributed by atoms with Gasteiger partial charge >= 0.3 is 0 Å². The molecule has 1 heterocycles. The van der Waals surface area contributed by atoms with Gasteiger partial charge in [0.05, 0.1) is 11.9 Å². The van der Waals surface area contributed by atoms with Gasteiger partial charge in [-0.05, 0) is 12.1 Å². The molecule has 4 nitrogen and oxygen atoms in total. The molecule has 0 radical (unpaired) electrons. The molecular formula is C10H7F2N3O. The Morgan fingerprint density at radius 2 is 2.19 bits per heavy atom. The molecular weight excluding hydrogens is 216 g/mol. The molecule has 0 N–H and O–H groups in total. The van der Waals surface area contributed by atoms with Gasteiger partial charge in [-0.25, -0.2) is 13.5 Å². The topological polar surface area (TPSA) is 47.8 Å². The summed E-state index contributed by atoms with van der Waals surface area (Å²) < 4.78 is 25.7. The normalized spacial score (nSPS) is 10.7. The molecule has 1 aromatic heterocycles. The summed E-state index contributed by atoms with van der Waals surface area (Å²) in [5.41, 5.74) is 0.576. The Morgan fingerprint density at radius 1 is 1.38 bits per heavy atom. The van der Waals surface area contributed by atoms with Crippen molar-refractivity contribution >= 4 is 6.29 Å². The number of carbonyl (C=O) groups excluding carboxylic acids is 1. The minimum atomic E-state index is -2.65. The average molecular weight is 223 g/mol. The Bertz CT molecular complexity index is 510. The largest absolute Gasteiger partial charge is 0.298 e. The number of carbonyl (C=O) groups is 1. The average Bonchev–Trinajstić information content (AvgIpc) is 2.78. The smallest absolute Gasteiger partial charge is 0.283 e. The van der Waals surface area contributed by atoms with Crippen molar-refractivity contribution in [3.8, 4) is 5.69 Å². The van der Waals surface area contributed by atoms with E-state index in [0.29, 0.717) is 17.5 Å². The van der Waals surface area contributed by atoms with Gasteiger partial charge in [-0.2, -0.15) is 0 Å². The van der Waals surface area contributed by atoms with E-state index in [0.717, 1.165) is 6.20 Å². The van der Waals surface area contributed by atoms with Gasteiger partial charge in [-0.3, -0.25) is 4.79 Å². The number of hydrogen-bond acceptors (Lipinski definition) is 3. The third kappa shape index (κ3) is 1.95. The highest BCUT2D eigenvalue weighted by Gasteiger charge is 2.12. The van der Waals surface area contributed by atoms with E-state index in [1.807, 2.05) is 0 Å². The highest BCUT2D eigenvalue weighted by atomic mass is 19.3. The van der Waals surface area contributed by atoms with E-state index in [1.165, 1.54) is 10.7 Å². The maximum atomic E-state index is 12.3. The van der Waals surface area contributed by atoms with Crippen molar-refractivity contribution < 1.29 is 13.6 Å². The van der Waals surface area contributed by atoms with Gasteiger partial charge in [0.25, 0.3) is 6.43 Å². The molecule has 0 amide bonds. The van der Waals surface area contributed by atoms with Crippen LogP contribution in [0.15, 0.2) is 30.5 Å². The number of aromatic nitrogens is 3. The first-order chi connectivity index (χ1) is 7.70. The summed E-state index contributed by atoms with van der Waals surface area (Å²) >= 11 is 0. The molecule has 0 fully saturated rings. The summed E-state index contributed by atoms with van der Waals surface area (Å²) in [7, 11) is 0. The molecule has 0 unspecified atom stereocenters. The van der Waals surface area contributed by atoms with Crippen LogP contribution in [0, 0.1) is 0 Å². The molecule has 0 aliphatic rings. The Hall–Kier alpha value is -2.11. The van der Waals surface area contributed by atoms with Crippen LogP contribution in [0.2, 0.25) is 0 Å². The summed E-state index contributed by atoms with van der Waals surface area (Å²) in [5, 5.41) is 6.88. The molecule has 0 saturated carbocycles. The zero-order valence-electron chi connectivity index (χ0n) is 8.05. The van der Waals surface area contributed by atoms with Crippen LogP contribution in [-0.4, -0.2) is 21.3 Å². The Labute approximate surface area is 89.5 Å². The molecule has 0 saturated heterocycles. The molecule has 2 aromatic rings. The van der Waals surface area contributed by atoms with Gasteiger partial charge in [0.2, 0.25) is 0 Å². The molecule has 0 bridgehead atoms. The fourth-order valence-electron chi connectivity index (χ4n) is 1.24. The fourth-order valence-corrected chi connectivity index (χ4v) is 1.24. The van der Waals surface area contributed by atoms with Crippen LogP contribution >= 0.6 is 0 Å². The van der Waals surface area contributed by atoms with Crippen molar-refractivity contribution in [2.24, 2.45) is 0 Å². The van der Waals surface area contributed by atoms with Gasteiger partial charge in [0.15, 0.2) is 0 Å². The molecule has 2 rings (SSSR count). The number of nitrogens with zero attached hydrogens (tertiary/aromatic N) is 3. The Balaban J connectivity index is 2.38. The molecule has 6 heteroatoms. The van der Waals surface area contributed by atoms with Crippen LogP contribution in [0.1, 0.15) is 22.5 Å². The molecule has 1 aromatic carbocycles. The minimum absolute atomic E-state index is 0.392. The number of alkyl halides is 2. The second kappa shape index (κ2) is 4.18. The van der Waals surface area contributed by atoms with Crippen LogP contribution in [-0.2, 0) is 0 Å². The number of rotatable bonds is 3. The van der Waals surface area contributed by atoms with Crippen LogP contribution in [0.4, 0.5) is 8.78 Å². The van der Waals surface area contributed by atoms with Gasteiger partial charge < -0.3 is 0 Å². The summed E-state index contributed by atoms with van der Waals surface area (Å²) in [6, 6.07) is 6.44. The first kappa shape index (κ1) is 10.4. The van der Waals surface area contributed by atoms with Crippen molar-refractivity contribution in [1.82, 2.24) is 15.0 Å². The lowest BCUT2D eigenvalue weighted by atomic mass is 10.2. The van der Waals surface area contributed by atoms with E-state index in [9.17, 15) is 13.6 Å². The third-order valence-corrected chi connectivity index (χ3v) is 2.01. The fraction of sp³-hybridized carbons (Fsp3) is 0.100. The number of hydrogen-bond donors (Lipinski definition) is 0. The van der Waals surface area contributed by atoms with Crippen LogP contribution in [0.25, 0.3) is 5.69 Å². The van der Waals surface area contributed by atoms with Crippen molar-refractivity contribution in [3.63, 3.8) is 0 Å². The zero-order valence-corrected chi connectivity index (χ0v) is 8.05. The molecule has 0 atom stereocenters. The molecule has 0 aliphatic carbocycles. The lowest BCUT2D eigenvalue weighted by Gasteiger charge is -1.99. The first-order valence-electron chi connectivity index (χ1n) is 4.46. The Morgan fingerprint density at radius 3 is 2.81 bits per heavy atom. The van der Waals surface area contributed by atoms with Crippen molar-refractivity contribution in [1.29, 1.82) is 0 Å². The summed E-state index contributed by atoms with van der Waals surface area (Å²) in [6.07, 6.45) is -0.841. The number of benzene rings is 1. The van der Waals surface area contributed by atoms with Gasteiger partial charge in [-0.15, -0.1) is 5.10 Å². The monoisotopic (exact) mass is 223 g/mol. The summed E-state index contributed by atoms with van der Waals surface area (Å²) in [5.74, 6) is 0. The molecule has 0 spiro atoms. The predicted octanol–water partition coefficient (Wildman–Crippen LogP) is 2.02. The summed E-state index contributed by atoms with van der Waals surface area (Å²) in [6.45, 7) is 0. The molecule has 0 aliphatic heterocycles. The van der Waals surface area contributed by atoms with E-state index < -0.39 is 12.1 Å². The van der Waals surface area contributed by atoms with E-state index in [-0.39, 0.29) is 0 Å². The van der Waals surface area contributed by atoms with E-state index in [2.05, 4.69) is 10.3 Å². The SMILES string of the molecule is O=Cc1cccc(-n2cc(C(F)F)nn2)c1. The van der Waals surface area contributed by atoms with Crippen molar-refractivity contribution in [2.75, 3.05) is 0 Å². The third-order valence-electron chi connectivity index (χ3n) is 2.01. The number of aldehydes is 1. The minimum Gasteiger partial charge on any atom is -0.298 e. The van der Waals surface area contributed by atoms with Crippen LogP contribution < -0.4 is 0 Å². The van der Waals surface area contributed by atoms with Crippen molar-refractivity contribution in [3.05, 3.63) is 41.7 Å². The maximum Gasteiger partial charge on any atom is 0.283 e. The highest BCUT2D eigenvalue weighted by Crippen LogP contribution is 2.16. The van der Waals surface area contributed by atoms with E-state index >= 15 is 0 Å². The quantitative estimate of drug-likeness (QED) is 0.748. The highest BCUT2D eigenvalue weighted by molar-refractivity contribution is 5.75. The van der Waals surface area contributed by atoms with E-state index in [4.69, 9.17) is 0 Å². The number of halogens is 2. The lowest BCUT2D eigenvalue weighted by Crippen LogP contribution is -1.95. The molecule has 82 valence electrons. The lowest BCUT2D eigenvalue weighted by molar-refractivity contribution is 0.112. The molecule has 16 heavy (non-hydrogen) atoms. The zero-order chi connectivity index (χ0) is 11.5. The standard InChI is InChI=1S/C10H7F2N3O/c11-10(12)9-5-15(14-13-9)8-3-1-2-7(4-8)6-16/h1-6,10H. The summed E-state index contributed by atoms with van der Waals surface area (Å²) in [4.78, 5) is 10.5. The van der Waals surface area contributed by atoms with Crippen molar-refractivity contribution in [2.45, 2.75) is 6.43 Å². The first-order valence-corrected chi connectivity index (χ1v) is 4.46. The maximum absolute atomic E-state index is 12.3. The second-order valence-corrected chi connectivity index (χ2v) is 3.10. The van der Waals surface area contributed by atoms with Crippen LogP contribution in [0.3, 0.4) is 0 Å². The second-order valence-electron chi connectivity index (χ2n) is 3.10. The van der Waals surface area contributed by atoms with E-state index in [1.54, 1.807) is 18.2 Å². The Kier molecular flexibility index (Phi) is 2.72. The van der Waals surface area contributed by atoms with Crippen LogP contribution in [0.5, 0.6) is 0 Å². The van der Waals surface area contributed by atoms with Gasteiger partial charge in [0, 0.05) is 5.56 Å². The predicted molar refractivity (Wildman–Crippen MR) is 51.7 cm³/mol.